The summed E-state index contributed by atoms with van der Waals surface area (Å²) in [5.74, 6) is 0.998. The van der Waals surface area contributed by atoms with Crippen molar-refractivity contribution in [2.24, 2.45) is 0 Å². The Morgan fingerprint density at radius 3 is 2.63 bits per heavy atom. The van der Waals surface area contributed by atoms with E-state index in [-0.39, 0.29) is 11.9 Å². The lowest BCUT2D eigenvalue weighted by atomic mass is 10.1. The van der Waals surface area contributed by atoms with Crippen LogP contribution in [0.2, 0.25) is 0 Å². The number of para-hydroxylation sites is 1. The number of H-pyrrole nitrogens is 1. The largest absolute Gasteiger partial charge is 0.493 e. The summed E-state index contributed by atoms with van der Waals surface area (Å²) in [5.41, 5.74) is 1.47. The van der Waals surface area contributed by atoms with Gasteiger partial charge >= 0.3 is 0 Å². The molecular weight excluding hydrogens is 242 g/mol. The summed E-state index contributed by atoms with van der Waals surface area (Å²) >= 11 is 0. The molecule has 1 aromatic heterocycles. The third kappa shape index (κ3) is 2.78. The van der Waals surface area contributed by atoms with Crippen molar-refractivity contribution in [3.63, 3.8) is 0 Å². The van der Waals surface area contributed by atoms with Crippen molar-refractivity contribution >= 4 is 5.78 Å². The topological polar surface area (TPSA) is 51.3 Å². The molecule has 1 heterocycles. The molecule has 4 nitrogen and oxygen atoms in total. The number of ether oxygens (including phenoxy) is 2. The first-order valence-electron chi connectivity index (χ1n) is 6.11. The quantitative estimate of drug-likeness (QED) is 0.837. The van der Waals surface area contributed by atoms with E-state index >= 15 is 0 Å². The lowest BCUT2D eigenvalue weighted by Crippen LogP contribution is -2.08. The minimum atomic E-state index is -0.190. The highest BCUT2D eigenvalue weighted by atomic mass is 16.5. The van der Waals surface area contributed by atoms with Crippen LogP contribution in [0.4, 0.5) is 0 Å². The zero-order chi connectivity index (χ0) is 13.8. The molecule has 0 saturated carbocycles. The highest BCUT2D eigenvalue weighted by Gasteiger charge is 2.17. The normalized spacial score (nSPS) is 11.9. The van der Waals surface area contributed by atoms with Crippen molar-refractivity contribution in [2.75, 3.05) is 7.11 Å². The second-order valence-electron chi connectivity index (χ2n) is 4.28. The van der Waals surface area contributed by atoms with E-state index in [1.165, 1.54) is 6.92 Å². The van der Waals surface area contributed by atoms with Crippen LogP contribution in [0.25, 0.3) is 0 Å². The predicted molar refractivity (Wildman–Crippen MR) is 72.8 cm³/mol. The molecule has 0 aliphatic heterocycles. The number of hydrogen-bond donors (Lipinski definition) is 1. The number of ketones is 1. The van der Waals surface area contributed by atoms with Crippen molar-refractivity contribution in [1.82, 2.24) is 4.98 Å². The van der Waals surface area contributed by atoms with Gasteiger partial charge in [-0.3, -0.25) is 4.79 Å². The molecule has 0 spiro atoms. The lowest BCUT2D eigenvalue weighted by Gasteiger charge is -2.18. The van der Waals surface area contributed by atoms with Gasteiger partial charge in [-0.25, -0.2) is 0 Å². The molecule has 0 amide bonds. The molecule has 0 aliphatic carbocycles. The summed E-state index contributed by atoms with van der Waals surface area (Å²) < 4.78 is 11.2. The highest BCUT2D eigenvalue weighted by molar-refractivity contribution is 5.97. The van der Waals surface area contributed by atoms with Gasteiger partial charge in [0.1, 0.15) is 6.10 Å². The van der Waals surface area contributed by atoms with Crippen LogP contribution < -0.4 is 9.47 Å². The first-order chi connectivity index (χ1) is 9.13. The average Bonchev–Trinajstić information content (AvgIpc) is 2.92. The maximum atomic E-state index is 11.7. The van der Waals surface area contributed by atoms with Gasteiger partial charge in [0.2, 0.25) is 0 Å². The van der Waals surface area contributed by atoms with Crippen molar-refractivity contribution in [1.29, 1.82) is 0 Å². The van der Waals surface area contributed by atoms with Crippen molar-refractivity contribution in [3.05, 3.63) is 47.8 Å². The Morgan fingerprint density at radius 1 is 1.26 bits per heavy atom. The summed E-state index contributed by atoms with van der Waals surface area (Å²) in [4.78, 5) is 14.8. The van der Waals surface area contributed by atoms with Gasteiger partial charge in [-0.15, -0.1) is 0 Å². The van der Waals surface area contributed by atoms with Crippen molar-refractivity contribution in [3.8, 4) is 11.5 Å². The number of nitrogens with one attached hydrogen (secondary N) is 1. The number of hydrogen-bond acceptors (Lipinski definition) is 3. The summed E-state index contributed by atoms with van der Waals surface area (Å²) in [6.45, 7) is 3.43. The molecule has 0 fully saturated rings. The van der Waals surface area contributed by atoms with Gasteiger partial charge < -0.3 is 14.5 Å². The standard InChI is InChI=1S/C15H17NO3/c1-10(17)12-6-4-8-14(18-3)15(12)19-11(2)13-7-5-9-16-13/h4-9,11,16H,1-3H3. The van der Waals surface area contributed by atoms with Crippen LogP contribution in [0.3, 0.4) is 0 Å². The lowest BCUT2D eigenvalue weighted by molar-refractivity contribution is 0.100. The molecule has 19 heavy (non-hydrogen) atoms. The molecule has 4 heteroatoms. The molecule has 1 N–H and O–H groups in total. The van der Waals surface area contributed by atoms with Gasteiger partial charge in [0, 0.05) is 6.20 Å². The minimum absolute atomic E-state index is 0.0485. The summed E-state index contributed by atoms with van der Waals surface area (Å²) in [6.07, 6.45) is 1.65. The second kappa shape index (κ2) is 5.61. The summed E-state index contributed by atoms with van der Waals surface area (Å²) in [5, 5.41) is 0. The van der Waals surface area contributed by atoms with E-state index in [1.807, 2.05) is 25.3 Å². The zero-order valence-electron chi connectivity index (χ0n) is 11.3. The highest BCUT2D eigenvalue weighted by Crippen LogP contribution is 2.34. The molecule has 1 atom stereocenters. The van der Waals surface area contributed by atoms with Crippen LogP contribution in [0.5, 0.6) is 11.5 Å². The van der Waals surface area contributed by atoms with E-state index in [4.69, 9.17) is 9.47 Å². The van der Waals surface area contributed by atoms with Crippen molar-refractivity contribution in [2.45, 2.75) is 20.0 Å². The molecule has 1 aromatic carbocycles. The number of benzene rings is 1. The monoisotopic (exact) mass is 259 g/mol. The van der Waals surface area contributed by atoms with E-state index in [0.29, 0.717) is 17.1 Å². The number of aromatic nitrogens is 1. The number of rotatable bonds is 5. The van der Waals surface area contributed by atoms with Crippen molar-refractivity contribution < 1.29 is 14.3 Å². The number of carbonyl (C=O) groups excluding carboxylic acids is 1. The third-order valence-corrected chi connectivity index (χ3v) is 2.93. The van der Waals surface area contributed by atoms with Crippen LogP contribution in [-0.2, 0) is 0 Å². The van der Waals surface area contributed by atoms with Gasteiger partial charge in [-0.05, 0) is 38.1 Å². The molecule has 2 aromatic rings. The molecule has 2 rings (SSSR count). The molecular formula is C15H17NO3. The van der Waals surface area contributed by atoms with Crippen LogP contribution in [0.15, 0.2) is 36.5 Å². The molecule has 100 valence electrons. The fraction of sp³-hybridized carbons (Fsp3) is 0.267. The Kier molecular flexibility index (Phi) is 3.90. The molecule has 0 aliphatic rings. The first kappa shape index (κ1) is 13.2. The zero-order valence-corrected chi connectivity index (χ0v) is 11.3. The SMILES string of the molecule is COc1cccc(C(C)=O)c1OC(C)c1ccc[nH]1. The predicted octanol–water partition coefficient (Wildman–Crippen LogP) is 3.37. The van der Waals surface area contributed by atoms with E-state index in [0.717, 1.165) is 5.69 Å². The van der Waals surface area contributed by atoms with E-state index < -0.39 is 0 Å². The Labute approximate surface area is 112 Å². The van der Waals surface area contributed by atoms with Crippen LogP contribution in [-0.4, -0.2) is 17.9 Å². The Hall–Kier alpha value is -2.23. The fourth-order valence-corrected chi connectivity index (χ4v) is 1.91. The van der Waals surface area contributed by atoms with E-state index in [1.54, 1.807) is 25.3 Å². The minimum Gasteiger partial charge on any atom is -0.493 e. The van der Waals surface area contributed by atoms with Gasteiger partial charge in [0.25, 0.3) is 0 Å². The van der Waals surface area contributed by atoms with Crippen LogP contribution in [0.1, 0.15) is 36.0 Å². The number of aromatic amines is 1. The molecule has 0 radical (unpaired) electrons. The first-order valence-corrected chi connectivity index (χ1v) is 6.11. The van der Waals surface area contributed by atoms with E-state index in [2.05, 4.69) is 4.98 Å². The van der Waals surface area contributed by atoms with Gasteiger partial charge in [-0.1, -0.05) is 6.07 Å². The van der Waals surface area contributed by atoms with Crippen LogP contribution >= 0.6 is 0 Å². The van der Waals surface area contributed by atoms with Gasteiger partial charge in [0.05, 0.1) is 18.4 Å². The maximum Gasteiger partial charge on any atom is 0.172 e. The molecule has 1 unspecified atom stereocenters. The molecule has 0 bridgehead atoms. The maximum absolute atomic E-state index is 11.7. The average molecular weight is 259 g/mol. The third-order valence-electron chi connectivity index (χ3n) is 2.93. The number of methoxy groups -OCH3 is 1. The van der Waals surface area contributed by atoms with Crippen LogP contribution in [0, 0.1) is 0 Å². The fourth-order valence-electron chi connectivity index (χ4n) is 1.91. The van der Waals surface area contributed by atoms with E-state index in [9.17, 15) is 4.79 Å². The Morgan fingerprint density at radius 2 is 2.05 bits per heavy atom. The number of Topliss-reactive ketones (excluding diaryl/α,β-unsaturated/α-hetero) is 1. The summed E-state index contributed by atoms with van der Waals surface area (Å²) in [6, 6.07) is 9.14. The Balaban J connectivity index is 2.35. The number of carbonyl (C=O) groups is 1. The summed E-state index contributed by atoms with van der Waals surface area (Å²) in [7, 11) is 1.56. The van der Waals surface area contributed by atoms with Gasteiger partial charge in [-0.2, -0.15) is 0 Å². The Bertz CT molecular complexity index is 561. The van der Waals surface area contributed by atoms with Gasteiger partial charge in [0.15, 0.2) is 17.3 Å². The molecule has 0 saturated heterocycles. The second-order valence-corrected chi connectivity index (χ2v) is 4.28. The smallest absolute Gasteiger partial charge is 0.172 e.